The standard InChI is InChI=1S/C49H50F3NO7/c1-32-7-6-25-47(2)44(42-23-13-34(27-38(54)17-10-32)28-43(42)45(55)36-15-20-39(58-3)21-16-36)24-26-48(47,57)31-53(30-33-11-18-40(19-12-33)60-49(50,51)52)46(56)59-41-22-14-35-8-4-5-9-37(35)29-41/h4-5,7-9,11-16,18-23,28-29,38,44,54,57H,6,10,17,24-27,30-31H2,1-3H3/t38-,44-,47-,48+/m0/s1. The number of halogens is 3. The van der Waals surface area contributed by atoms with Gasteiger partial charge in [-0.15, -0.1) is 13.2 Å². The molecule has 2 bridgehead atoms. The fraction of sp³-hybridized carbons (Fsp3) is 0.347. The smallest absolute Gasteiger partial charge is 0.497 e. The first-order chi connectivity index (χ1) is 28.6. The lowest BCUT2D eigenvalue weighted by atomic mass is 9.64. The molecule has 5 aromatic rings. The number of ether oxygens (including phenoxy) is 3. The van der Waals surface area contributed by atoms with Crippen LogP contribution in [0.1, 0.15) is 90.9 Å². The van der Waals surface area contributed by atoms with Crippen LogP contribution in [0, 0.1) is 5.41 Å². The van der Waals surface area contributed by atoms with Crippen molar-refractivity contribution in [2.75, 3.05) is 13.7 Å². The summed E-state index contributed by atoms with van der Waals surface area (Å²) in [6.45, 7) is 3.81. The Morgan fingerprint density at radius 2 is 1.55 bits per heavy atom. The van der Waals surface area contributed by atoms with Gasteiger partial charge in [0.25, 0.3) is 0 Å². The van der Waals surface area contributed by atoms with E-state index < -0.39 is 35.3 Å². The number of hydrogen-bond acceptors (Lipinski definition) is 7. The molecule has 4 atom stereocenters. The Labute approximate surface area is 348 Å². The predicted molar refractivity (Wildman–Crippen MR) is 223 cm³/mol. The van der Waals surface area contributed by atoms with Crippen LogP contribution in [0.25, 0.3) is 10.8 Å². The minimum atomic E-state index is -4.87. The monoisotopic (exact) mass is 821 g/mol. The summed E-state index contributed by atoms with van der Waals surface area (Å²) in [5.41, 5.74) is 1.78. The molecule has 2 N–H and O–H groups in total. The molecule has 0 aliphatic heterocycles. The Morgan fingerprint density at radius 1 is 0.850 bits per heavy atom. The second kappa shape index (κ2) is 17.5. The Kier molecular flexibility index (Phi) is 12.4. The molecule has 0 aromatic heterocycles. The van der Waals surface area contributed by atoms with Crippen molar-refractivity contribution >= 4 is 22.6 Å². The molecular formula is C49H50F3NO7. The summed E-state index contributed by atoms with van der Waals surface area (Å²) >= 11 is 0. The molecule has 3 aliphatic carbocycles. The number of carbonyl (C=O) groups is 2. The van der Waals surface area contributed by atoms with Crippen LogP contribution in [-0.2, 0) is 13.0 Å². The average Bonchev–Trinajstić information content (AvgIpc) is 3.47. The van der Waals surface area contributed by atoms with Gasteiger partial charge in [-0.1, -0.05) is 73.2 Å². The molecule has 0 saturated heterocycles. The summed E-state index contributed by atoms with van der Waals surface area (Å²) < 4.78 is 54.4. The van der Waals surface area contributed by atoms with E-state index in [1.54, 1.807) is 43.5 Å². The number of allylic oxidation sites excluding steroid dienone is 2. The highest BCUT2D eigenvalue weighted by molar-refractivity contribution is 6.10. The van der Waals surface area contributed by atoms with Gasteiger partial charge in [0.1, 0.15) is 17.2 Å². The van der Waals surface area contributed by atoms with Gasteiger partial charge in [-0.2, -0.15) is 0 Å². The molecular weight excluding hydrogens is 772 g/mol. The number of amides is 1. The lowest BCUT2D eigenvalue weighted by Crippen LogP contribution is -2.54. The van der Waals surface area contributed by atoms with Crippen molar-refractivity contribution in [3.05, 3.63) is 149 Å². The molecule has 1 amide bonds. The van der Waals surface area contributed by atoms with Gasteiger partial charge in [0.2, 0.25) is 0 Å². The second-order valence-corrected chi connectivity index (χ2v) is 16.4. The fourth-order valence-electron chi connectivity index (χ4n) is 9.01. The number of carbonyl (C=O) groups excluding carboxylic acids is 2. The minimum absolute atomic E-state index is 0.0843. The van der Waals surface area contributed by atoms with E-state index in [4.69, 9.17) is 9.47 Å². The van der Waals surface area contributed by atoms with Gasteiger partial charge in [-0.25, -0.2) is 4.79 Å². The first kappa shape index (κ1) is 42.5. The summed E-state index contributed by atoms with van der Waals surface area (Å²) in [5.74, 6) is -0.00433. The molecule has 5 aromatic carbocycles. The maximum absolute atomic E-state index is 14.5. The van der Waals surface area contributed by atoms with Gasteiger partial charge in [0, 0.05) is 23.1 Å². The number of aliphatic hydroxyl groups excluding tert-OH is 1. The first-order valence-corrected chi connectivity index (χ1v) is 20.3. The van der Waals surface area contributed by atoms with Crippen LogP contribution in [0.2, 0.25) is 0 Å². The molecule has 0 radical (unpaired) electrons. The van der Waals surface area contributed by atoms with Crippen molar-refractivity contribution in [1.82, 2.24) is 4.90 Å². The van der Waals surface area contributed by atoms with Crippen LogP contribution >= 0.6 is 0 Å². The van der Waals surface area contributed by atoms with E-state index in [9.17, 15) is 33.0 Å². The predicted octanol–water partition coefficient (Wildman–Crippen LogP) is 10.7. The number of nitrogens with zero attached hydrogens (tertiary/aromatic N) is 1. The number of aliphatic hydroxyl groups is 2. The third kappa shape index (κ3) is 9.53. The lowest BCUT2D eigenvalue weighted by molar-refractivity contribution is -0.274. The fourth-order valence-corrected chi connectivity index (χ4v) is 9.01. The zero-order valence-electron chi connectivity index (χ0n) is 34.0. The number of fused-ring (bicyclic) bond motifs is 9. The number of ketones is 1. The van der Waals surface area contributed by atoms with Crippen molar-refractivity contribution in [2.24, 2.45) is 5.41 Å². The Hall–Kier alpha value is -5.65. The third-order valence-corrected chi connectivity index (χ3v) is 12.4. The van der Waals surface area contributed by atoms with Crippen LogP contribution in [0.3, 0.4) is 0 Å². The van der Waals surface area contributed by atoms with E-state index in [0.717, 1.165) is 27.5 Å². The van der Waals surface area contributed by atoms with E-state index in [-0.39, 0.29) is 31.2 Å². The molecule has 0 spiro atoms. The molecule has 8 rings (SSSR count). The Balaban J connectivity index is 1.27. The molecule has 8 nitrogen and oxygen atoms in total. The van der Waals surface area contributed by atoms with Gasteiger partial charge in [-0.3, -0.25) is 4.79 Å². The van der Waals surface area contributed by atoms with Gasteiger partial charge >= 0.3 is 12.5 Å². The summed E-state index contributed by atoms with van der Waals surface area (Å²) in [5, 5.41) is 26.0. The Morgan fingerprint density at radius 3 is 2.27 bits per heavy atom. The molecule has 1 fully saturated rings. The first-order valence-electron chi connectivity index (χ1n) is 20.3. The number of methoxy groups -OCH3 is 1. The molecule has 3 aliphatic rings. The van der Waals surface area contributed by atoms with E-state index in [1.807, 2.05) is 62.4 Å². The molecule has 11 heteroatoms. The second-order valence-electron chi connectivity index (χ2n) is 16.4. The topological polar surface area (TPSA) is 106 Å². The highest BCUT2D eigenvalue weighted by atomic mass is 19.4. The number of hydrogen-bond donors (Lipinski definition) is 2. The average molecular weight is 822 g/mol. The maximum atomic E-state index is 14.5. The summed E-state index contributed by atoms with van der Waals surface area (Å²) in [7, 11) is 1.56. The molecule has 0 unspecified atom stereocenters. The van der Waals surface area contributed by atoms with Crippen molar-refractivity contribution < 1.29 is 47.2 Å². The molecule has 60 heavy (non-hydrogen) atoms. The highest BCUT2D eigenvalue weighted by Crippen LogP contribution is 2.59. The summed E-state index contributed by atoms with van der Waals surface area (Å²) in [4.78, 5) is 30.2. The van der Waals surface area contributed by atoms with Crippen LogP contribution in [-0.4, -0.2) is 58.7 Å². The van der Waals surface area contributed by atoms with Crippen LogP contribution in [0.4, 0.5) is 18.0 Å². The van der Waals surface area contributed by atoms with Crippen molar-refractivity contribution in [2.45, 2.75) is 89.3 Å². The van der Waals surface area contributed by atoms with E-state index in [2.05, 4.69) is 10.8 Å². The van der Waals surface area contributed by atoms with Gasteiger partial charge in [-0.05, 0) is 140 Å². The zero-order valence-corrected chi connectivity index (χ0v) is 34.0. The van der Waals surface area contributed by atoms with Gasteiger partial charge in [0.05, 0.1) is 25.4 Å². The number of benzene rings is 5. The maximum Gasteiger partial charge on any atom is 0.573 e. The van der Waals surface area contributed by atoms with Crippen LogP contribution in [0.15, 0.2) is 121 Å². The van der Waals surface area contributed by atoms with Gasteiger partial charge in [0.15, 0.2) is 5.78 Å². The van der Waals surface area contributed by atoms with Crippen molar-refractivity contribution in [3.8, 4) is 17.2 Å². The van der Waals surface area contributed by atoms with E-state index in [1.165, 1.54) is 29.2 Å². The molecule has 1 saturated carbocycles. The molecule has 314 valence electrons. The number of rotatable bonds is 9. The van der Waals surface area contributed by atoms with E-state index in [0.29, 0.717) is 66.7 Å². The normalized spacial score (nSPS) is 22.0. The number of alkyl halides is 3. The van der Waals surface area contributed by atoms with Crippen LogP contribution in [0.5, 0.6) is 17.2 Å². The highest BCUT2D eigenvalue weighted by Gasteiger charge is 2.58. The largest absolute Gasteiger partial charge is 0.573 e. The SMILES string of the molecule is COc1ccc(C(=O)c2cc3ccc2[C@@H]2CC[C@@](O)(CN(Cc4ccc(OC(F)(F)F)cc4)C(=O)Oc4ccc5ccccc5c4)[C@@]2(C)CCC=C(C)CC[C@H](O)C3)cc1. The lowest BCUT2D eigenvalue weighted by Gasteiger charge is -2.46. The third-order valence-electron chi connectivity index (χ3n) is 12.4. The van der Waals surface area contributed by atoms with E-state index >= 15 is 0 Å². The Bertz CT molecular complexity index is 2360. The van der Waals surface area contributed by atoms with Crippen LogP contribution < -0.4 is 14.2 Å². The summed E-state index contributed by atoms with van der Waals surface area (Å²) in [6.07, 6.45) is -0.574. The summed E-state index contributed by atoms with van der Waals surface area (Å²) in [6, 6.07) is 30.9. The van der Waals surface area contributed by atoms with Crippen molar-refractivity contribution in [3.63, 3.8) is 0 Å². The zero-order chi connectivity index (χ0) is 42.7. The minimum Gasteiger partial charge on any atom is -0.497 e. The molecule has 0 heterocycles. The quantitative estimate of drug-likeness (QED) is 0.113. The van der Waals surface area contributed by atoms with Crippen molar-refractivity contribution in [1.29, 1.82) is 0 Å². The van der Waals surface area contributed by atoms with Gasteiger partial charge < -0.3 is 29.3 Å².